The van der Waals surface area contributed by atoms with Gasteiger partial charge < -0.3 is 11.1 Å². The summed E-state index contributed by atoms with van der Waals surface area (Å²) in [6, 6.07) is 5.26. The van der Waals surface area contributed by atoms with Gasteiger partial charge in [-0.05, 0) is 31.0 Å². The lowest BCUT2D eigenvalue weighted by atomic mass is 10.1. The van der Waals surface area contributed by atoms with E-state index in [1.807, 2.05) is 13.0 Å². The van der Waals surface area contributed by atoms with Crippen molar-refractivity contribution in [3.8, 4) is 0 Å². The number of carbonyl (C=O) groups excluding carboxylic acids is 2. The van der Waals surface area contributed by atoms with Crippen LogP contribution in [-0.4, -0.2) is 11.8 Å². The van der Waals surface area contributed by atoms with Crippen LogP contribution in [0.2, 0.25) is 0 Å². The number of nitrogens with one attached hydrogen (secondary N) is 1. The van der Waals surface area contributed by atoms with Gasteiger partial charge in [0, 0.05) is 6.42 Å². The van der Waals surface area contributed by atoms with Gasteiger partial charge in [0.05, 0.1) is 11.3 Å². The van der Waals surface area contributed by atoms with Crippen LogP contribution >= 0.6 is 0 Å². The number of unbranched alkanes of at least 4 members (excludes halogenated alkanes) is 8. The second-order valence-electron chi connectivity index (χ2n) is 6.54. The lowest BCUT2D eigenvalue weighted by Gasteiger charge is -2.10. The minimum atomic E-state index is -0.520. The Labute approximate surface area is 146 Å². The Morgan fingerprint density at radius 2 is 1.54 bits per heavy atom. The molecule has 0 aliphatic carbocycles. The summed E-state index contributed by atoms with van der Waals surface area (Å²) in [7, 11) is 0. The van der Waals surface area contributed by atoms with Crippen LogP contribution in [0.1, 0.15) is 87.1 Å². The fourth-order valence-electron chi connectivity index (χ4n) is 2.79. The maximum absolute atomic E-state index is 12.0. The highest BCUT2D eigenvalue weighted by atomic mass is 16.2. The fraction of sp³-hybridized carbons (Fsp3) is 0.600. The van der Waals surface area contributed by atoms with Gasteiger partial charge in [-0.1, -0.05) is 64.4 Å². The van der Waals surface area contributed by atoms with Crippen molar-refractivity contribution in [2.75, 3.05) is 5.32 Å². The number of hydrogen-bond acceptors (Lipinski definition) is 2. The van der Waals surface area contributed by atoms with Gasteiger partial charge in [-0.2, -0.15) is 0 Å². The van der Waals surface area contributed by atoms with Gasteiger partial charge in [-0.15, -0.1) is 0 Å². The van der Waals surface area contributed by atoms with Crippen molar-refractivity contribution < 1.29 is 9.59 Å². The molecule has 3 N–H and O–H groups in total. The van der Waals surface area contributed by atoms with Crippen LogP contribution in [0.5, 0.6) is 0 Å². The molecule has 0 bridgehead atoms. The van der Waals surface area contributed by atoms with Crippen LogP contribution < -0.4 is 11.1 Å². The number of nitrogens with two attached hydrogens (primary N) is 1. The van der Waals surface area contributed by atoms with E-state index >= 15 is 0 Å². The van der Waals surface area contributed by atoms with Crippen molar-refractivity contribution in [3.05, 3.63) is 29.3 Å². The molecule has 0 aromatic heterocycles. The van der Waals surface area contributed by atoms with Gasteiger partial charge in [0.1, 0.15) is 0 Å². The number of amides is 2. The first-order valence-electron chi connectivity index (χ1n) is 9.25. The summed E-state index contributed by atoms with van der Waals surface area (Å²) >= 11 is 0. The van der Waals surface area contributed by atoms with E-state index in [2.05, 4.69) is 12.2 Å². The van der Waals surface area contributed by atoms with E-state index < -0.39 is 5.91 Å². The summed E-state index contributed by atoms with van der Waals surface area (Å²) in [6.07, 6.45) is 11.5. The molecule has 134 valence electrons. The minimum Gasteiger partial charge on any atom is -0.366 e. The van der Waals surface area contributed by atoms with Gasteiger partial charge in [0.25, 0.3) is 5.91 Å². The van der Waals surface area contributed by atoms with Crippen LogP contribution in [-0.2, 0) is 4.79 Å². The van der Waals surface area contributed by atoms with Crippen molar-refractivity contribution in [1.82, 2.24) is 0 Å². The van der Waals surface area contributed by atoms with Gasteiger partial charge in [0.2, 0.25) is 5.91 Å². The molecule has 1 aromatic rings. The summed E-state index contributed by atoms with van der Waals surface area (Å²) in [5.41, 5.74) is 7.21. The Kier molecular flexibility index (Phi) is 9.81. The predicted molar refractivity (Wildman–Crippen MR) is 100 cm³/mol. The Morgan fingerprint density at radius 3 is 2.12 bits per heavy atom. The Bertz CT molecular complexity index is 526. The first-order valence-corrected chi connectivity index (χ1v) is 9.25. The van der Waals surface area contributed by atoms with E-state index in [1.54, 1.807) is 12.1 Å². The average Bonchev–Trinajstić information content (AvgIpc) is 2.53. The molecule has 1 aromatic carbocycles. The number of hydrogen-bond donors (Lipinski definition) is 2. The molecule has 0 fully saturated rings. The second-order valence-corrected chi connectivity index (χ2v) is 6.54. The summed E-state index contributed by atoms with van der Waals surface area (Å²) < 4.78 is 0. The molecular formula is C20H32N2O2. The standard InChI is InChI=1S/C20H32N2O2/c1-3-4-5-6-7-8-9-10-11-12-19(23)22-18-15-16(2)13-14-17(18)20(21)24/h13-15H,3-12H2,1-2H3,(H2,21,24)(H,22,23). The fourth-order valence-corrected chi connectivity index (χ4v) is 2.79. The van der Waals surface area contributed by atoms with E-state index in [1.165, 1.54) is 44.9 Å². The van der Waals surface area contributed by atoms with Gasteiger partial charge in [0.15, 0.2) is 0 Å². The molecule has 0 radical (unpaired) electrons. The van der Waals surface area contributed by atoms with Crippen molar-refractivity contribution >= 4 is 17.5 Å². The Balaban J connectivity index is 2.23. The molecule has 24 heavy (non-hydrogen) atoms. The third kappa shape index (κ3) is 8.14. The van der Waals surface area contributed by atoms with E-state index in [4.69, 9.17) is 5.73 Å². The molecule has 0 spiro atoms. The molecule has 0 unspecified atom stereocenters. The van der Waals surface area contributed by atoms with E-state index in [9.17, 15) is 9.59 Å². The maximum atomic E-state index is 12.0. The number of aryl methyl sites for hydroxylation is 1. The second kappa shape index (κ2) is 11.7. The van der Waals surface area contributed by atoms with E-state index in [0.29, 0.717) is 17.7 Å². The molecular weight excluding hydrogens is 300 g/mol. The van der Waals surface area contributed by atoms with E-state index in [-0.39, 0.29) is 5.91 Å². The van der Waals surface area contributed by atoms with Crippen molar-refractivity contribution in [2.24, 2.45) is 5.73 Å². The molecule has 0 saturated carbocycles. The molecule has 0 aliphatic heterocycles. The van der Waals surface area contributed by atoms with Gasteiger partial charge in [-0.3, -0.25) is 9.59 Å². The van der Waals surface area contributed by atoms with Crippen molar-refractivity contribution in [3.63, 3.8) is 0 Å². The van der Waals surface area contributed by atoms with Crippen LogP contribution in [0.3, 0.4) is 0 Å². The summed E-state index contributed by atoms with van der Waals surface area (Å²) in [4.78, 5) is 23.5. The third-order valence-electron chi connectivity index (χ3n) is 4.22. The molecule has 0 aliphatic rings. The smallest absolute Gasteiger partial charge is 0.250 e. The minimum absolute atomic E-state index is 0.0500. The van der Waals surface area contributed by atoms with Crippen LogP contribution in [0.15, 0.2) is 18.2 Å². The highest BCUT2D eigenvalue weighted by molar-refractivity contribution is 6.03. The maximum Gasteiger partial charge on any atom is 0.250 e. The summed E-state index contributed by atoms with van der Waals surface area (Å²) in [5.74, 6) is -0.570. The van der Waals surface area contributed by atoms with Crippen LogP contribution in [0.25, 0.3) is 0 Å². The molecule has 0 heterocycles. The van der Waals surface area contributed by atoms with Crippen molar-refractivity contribution in [1.29, 1.82) is 0 Å². The summed E-state index contributed by atoms with van der Waals surface area (Å²) in [6.45, 7) is 4.15. The monoisotopic (exact) mass is 332 g/mol. The molecule has 1 rings (SSSR count). The first-order chi connectivity index (χ1) is 11.5. The number of primary amides is 1. The average molecular weight is 332 g/mol. The third-order valence-corrected chi connectivity index (χ3v) is 4.22. The lowest BCUT2D eigenvalue weighted by Crippen LogP contribution is -2.18. The molecule has 4 nitrogen and oxygen atoms in total. The number of rotatable bonds is 12. The zero-order valence-electron chi connectivity index (χ0n) is 15.2. The first kappa shape index (κ1) is 20.2. The highest BCUT2D eigenvalue weighted by Gasteiger charge is 2.11. The Hall–Kier alpha value is -1.84. The number of benzene rings is 1. The van der Waals surface area contributed by atoms with Crippen LogP contribution in [0, 0.1) is 6.92 Å². The Morgan fingerprint density at radius 1 is 0.958 bits per heavy atom. The van der Waals surface area contributed by atoms with Gasteiger partial charge in [-0.25, -0.2) is 0 Å². The predicted octanol–water partition coefficient (Wildman–Crippen LogP) is 4.95. The normalized spacial score (nSPS) is 10.6. The summed E-state index contributed by atoms with van der Waals surface area (Å²) in [5, 5.41) is 2.82. The SMILES string of the molecule is CCCCCCCCCCCC(=O)Nc1cc(C)ccc1C(N)=O. The van der Waals surface area contributed by atoms with E-state index in [0.717, 1.165) is 18.4 Å². The number of carbonyl (C=O) groups is 2. The quantitative estimate of drug-likeness (QED) is 0.531. The topological polar surface area (TPSA) is 72.2 Å². The highest BCUT2D eigenvalue weighted by Crippen LogP contribution is 2.18. The molecule has 0 atom stereocenters. The molecule has 2 amide bonds. The largest absolute Gasteiger partial charge is 0.366 e. The van der Waals surface area contributed by atoms with Crippen molar-refractivity contribution in [2.45, 2.75) is 78.1 Å². The van der Waals surface area contributed by atoms with Crippen LogP contribution in [0.4, 0.5) is 5.69 Å². The lowest BCUT2D eigenvalue weighted by molar-refractivity contribution is -0.116. The molecule has 4 heteroatoms. The zero-order chi connectivity index (χ0) is 17.8. The van der Waals surface area contributed by atoms with Gasteiger partial charge >= 0.3 is 0 Å². The number of anilines is 1. The zero-order valence-corrected chi connectivity index (χ0v) is 15.2. The molecule has 0 saturated heterocycles.